The average molecular weight is 414 g/mol. The van der Waals surface area contributed by atoms with Crippen LogP contribution in [-0.2, 0) is 13.1 Å². The maximum atomic E-state index is 12.4. The van der Waals surface area contributed by atoms with E-state index >= 15 is 0 Å². The number of rotatable bonds is 7. The fraction of sp³-hybridized carbons (Fsp3) is 0.364. The zero-order valence-electron chi connectivity index (χ0n) is 16.6. The molecule has 0 aliphatic carbocycles. The molecular formula is C22H24F2N4O2. The molecule has 8 heteroatoms. The standard InChI is InChI=1S/C22H24F2N4O2/c23-21(24)16-30-20-3-1-2-19(12-20)14-26-22(29)28-10-8-27(9-11-28)15-18-6-4-17(13-25)5-7-18/h1-7,12,21H,8-11,14-16H2,(H,26,29). The largest absolute Gasteiger partial charge is 0.488 e. The number of amides is 2. The summed E-state index contributed by atoms with van der Waals surface area (Å²) in [4.78, 5) is 16.5. The first-order valence-electron chi connectivity index (χ1n) is 9.77. The second-order valence-corrected chi connectivity index (χ2v) is 7.08. The summed E-state index contributed by atoms with van der Waals surface area (Å²) in [5.41, 5.74) is 2.57. The molecule has 6 nitrogen and oxygen atoms in total. The van der Waals surface area contributed by atoms with E-state index < -0.39 is 13.0 Å². The van der Waals surface area contributed by atoms with E-state index in [0.29, 0.717) is 30.9 Å². The van der Waals surface area contributed by atoms with Crippen LogP contribution < -0.4 is 10.1 Å². The topological polar surface area (TPSA) is 68.6 Å². The van der Waals surface area contributed by atoms with Crippen LogP contribution >= 0.6 is 0 Å². The minimum atomic E-state index is -2.52. The third-order valence-corrected chi connectivity index (χ3v) is 4.87. The third kappa shape index (κ3) is 6.42. The predicted molar refractivity (Wildman–Crippen MR) is 108 cm³/mol. The Kier molecular flexibility index (Phi) is 7.57. The van der Waals surface area contributed by atoms with Gasteiger partial charge in [0, 0.05) is 39.3 Å². The quantitative estimate of drug-likeness (QED) is 0.755. The summed E-state index contributed by atoms with van der Waals surface area (Å²) in [6, 6.07) is 16.3. The van der Waals surface area contributed by atoms with E-state index in [1.54, 1.807) is 23.1 Å². The molecule has 0 radical (unpaired) electrons. The fourth-order valence-electron chi connectivity index (χ4n) is 3.25. The lowest BCUT2D eigenvalue weighted by molar-refractivity contribution is 0.0818. The van der Waals surface area contributed by atoms with Gasteiger partial charge in [-0.15, -0.1) is 0 Å². The number of nitrogens with one attached hydrogen (secondary N) is 1. The SMILES string of the molecule is N#Cc1ccc(CN2CCN(C(=O)NCc3cccc(OCC(F)F)c3)CC2)cc1. The highest BCUT2D eigenvalue weighted by molar-refractivity contribution is 5.74. The van der Waals surface area contributed by atoms with Crippen LogP contribution in [0.25, 0.3) is 0 Å². The minimum Gasteiger partial charge on any atom is -0.488 e. The number of piperazine rings is 1. The maximum Gasteiger partial charge on any atom is 0.317 e. The highest BCUT2D eigenvalue weighted by atomic mass is 19.3. The number of hydrogen-bond donors (Lipinski definition) is 1. The van der Waals surface area contributed by atoms with Gasteiger partial charge in [-0.1, -0.05) is 24.3 Å². The number of benzene rings is 2. The van der Waals surface area contributed by atoms with Crippen molar-refractivity contribution in [3.8, 4) is 11.8 Å². The van der Waals surface area contributed by atoms with Crippen LogP contribution in [0.15, 0.2) is 48.5 Å². The number of carbonyl (C=O) groups excluding carboxylic acids is 1. The molecule has 0 saturated carbocycles. The second kappa shape index (κ2) is 10.6. The predicted octanol–water partition coefficient (Wildman–Crippen LogP) is 3.23. The van der Waals surface area contributed by atoms with Crippen molar-refractivity contribution in [2.45, 2.75) is 19.5 Å². The van der Waals surface area contributed by atoms with E-state index in [-0.39, 0.29) is 6.03 Å². The maximum absolute atomic E-state index is 12.4. The van der Waals surface area contributed by atoms with Gasteiger partial charge in [0.2, 0.25) is 0 Å². The summed E-state index contributed by atoms with van der Waals surface area (Å²) in [6.07, 6.45) is -2.52. The number of carbonyl (C=O) groups is 1. The summed E-state index contributed by atoms with van der Waals surface area (Å²) >= 11 is 0. The highest BCUT2D eigenvalue weighted by Gasteiger charge is 2.21. The summed E-state index contributed by atoms with van der Waals surface area (Å²) in [7, 11) is 0. The molecule has 0 unspecified atom stereocenters. The van der Waals surface area contributed by atoms with Crippen molar-refractivity contribution in [1.82, 2.24) is 15.1 Å². The van der Waals surface area contributed by atoms with E-state index in [9.17, 15) is 13.6 Å². The minimum absolute atomic E-state index is 0.146. The van der Waals surface area contributed by atoms with Gasteiger partial charge in [0.15, 0.2) is 0 Å². The highest BCUT2D eigenvalue weighted by Crippen LogP contribution is 2.15. The van der Waals surface area contributed by atoms with Gasteiger partial charge in [-0.3, -0.25) is 4.90 Å². The molecule has 1 saturated heterocycles. The normalized spacial score (nSPS) is 14.4. The molecule has 0 aromatic heterocycles. The lowest BCUT2D eigenvalue weighted by atomic mass is 10.1. The van der Waals surface area contributed by atoms with E-state index in [4.69, 9.17) is 10.00 Å². The van der Waals surface area contributed by atoms with E-state index in [2.05, 4.69) is 16.3 Å². The van der Waals surface area contributed by atoms with Gasteiger partial charge in [0.05, 0.1) is 11.6 Å². The molecule has 1 N–H and O–H groups in total. The van der Waals surface area contributed by atoms with Crippen LogP contribution in [0.3, 0.4) is 0 Å². The van der Waals surface area contributed by atoms with E-state index in [1.165, 1.54) is 0 Å². The van der Waals surface area contributed by atoms with Crippen molar-refractivity contribution in [1.29, 1.82) is 5.26 Å². The third-order valence-electron chi connectivity index (χ3n) is 4.87. The van der Waals surface area contributed by atoms with Gasteiger partial charge in [0.25, 0.3) is 6.43 Å². The van der Waals surface area contributed by atoms with Crippen LogP contribution in [0.1, 0.15) is 16.7 Å². The lowest BCUT2D eigenvalue weighted by Gasteiger charge is -2.34. The molecular weight excluding hydrogens is 390 g/mol. The lowest BCUT2D eigenvalue weighted by Crippen LogP contribution is -2.51. The Bertz CT molecular complexity index is 875. The van der Waals surface area contributed by atoms with Gasteiger partial charge < -0.3 is 15.0 Å². The van der Waals surface area contributed by atoms with Gasteiger partial charge >= 0.3 is 6.03 Å². The van der Waals surface area contributed by atoms with E-state index in [0.717, 1.165) is 30.8 Å². The van der Waals surface area contributed by atoms with Crippen molar-refractivity contribution in [2.75, 3.05) is 32.8 Å². The monoisotopic (exact) mass is 414 g/mol. The van der Waals surface area contributed by atoms with Crippen LogP contribution in [0.4, 0.5) is 13.6 Å². The van der Waals surface area contributed by atoms with Crippen LogP contribution in [-0.4, -0.2) is 55.0 Å². The zero-order chi connectivity index (χ0) is 21.3. The smallest absolute Gasteiger partial charge is 0.317 e. The molecule has 1 fully saturated rings. The summed E-state index contributed by atoms with van der Waals surface area (Å²) in [5, 5.41) is 11.7. The molecule has 2 aromatic rings. The second-order valence-electron chi connectivity index (χ2n) is 7.08. The molecule has 1 aliphatic heterocycles. The zero-order valence-corrected chi connectivity index (χ0v) is 16.6. The van der Waals surface area contributed by atoms with Crippen molar-refractivity contribution in [3.05, 3.63) is 65.2 Å². The molecule has 1 aliphatic rings. The van der Waals surface area contributed by atoms with Crippen molar-refractivity contribution < 1.29 is 18.3 Å². The number of ether oxygens (including phenoxy) is 1. The molecule has 2 amide bonds. The van der Waals surface area contributed by atoms with Crippen LogP contribution in [0, 0.1) is 11.3 Å². The van der Waals surface area contributed by atoms with Crippen molar-refractivity contribution in [2.24, 2.45) is 0 Å². The van der Waals surface area contributed by atoms with Crippen LogP contribution in [0.5, 0.6) is 5.75 Å². The number of halogens is 2. The van der Waals surface area contributed by atoms with Gasteiger partial charge in [-0.05, 0) is 35.4 Å². The summed E-state index contributed by atoms with van der Waals surface area (Å²) in [6.45, 7) is 3.22. The number of hydrogen-bond acceptors (Lipinski definition) is 4. The van der Waals surface area contributed by atoms with Crippen molar-refractivity contribution in [3.63, 3.8) is 0 Å². The van der Waals surface area contributed by atoms with Gasteiger partial charge in [0.1, 0.15) is 12.4 Å². The Morgan fingerprint density at radius 2 is 1.83 bits per heavy atom. The average Bonchev–Trinajstić information content (AvgIpc) is 2.77. The Hall–Kier alpha value is -3.18. The first-order chi connectivity index (χ1) is 14.5. The molecule has 0 bridgehead atoms. The van der Waals surface area contributed by atoms with E-state index in [1.807, 2.05) is 30.3 Å². The summed E-state index contributed by atoms with van der Waals surface area (Å²) < 4.78 is 29.5. The summed E-state index contributed by atoms with van der Waals surface area (Å²) in [5.74, 6) is 0.360. The molecule has 2 aromatic carbocycles. The molecule has 30 heavy (non-hydrogen) atoms. The number of alkyl halides is 2. The van der Waals surface area contributed by atoms with Gasteiger partial charge in [-0.2, -0.15) is 5.26 Å². The molecule has 3 rings (SSSR count). The Labute approximate surface area is 174 Å². The molecule has 0 spiro atoms. The first-order valence-corrected chi connectivity index (χ1v) is 9.77. The van der Waals surface area contributed by atoms with Crippen LogP contribution in [0.2, 0.25) is 0 Å². The molecule has 1 heterocycles. The molecule has 0 atom stereocenters. The Morgan fingerprint density at radius 1 is 1.10 bits per heavy atom. The first kappa shape index (κ1) is 21.5. The number of urea groups is 1. The Balaban J connectivity index is 1.42. The fourth-order valence-corrected chi connectivity index (χ4v) is 3.25. The van der Waals surface area contributed by atoms with Gasteiger partial charge in [-0.25, -0.2) is 13.6 Å². The Morgan fingerprint density at radius 3 is 2.50 bits per heavy atom. The molecule has 158 valence electrons. The number of nitrogens with zero attached hydrogens (tertiary/aromatic N) is 3. The van der Waals surface area contributed by atoms with Crippen molar-refractivity contribution >= 4 is 6.03 Å². The number of nitriles is 1.